The Morgan fingerprint density at radius 1 is 1.21 bits per heavy atom. The van der Waals surface area contributed by atoms with E-state index >= 15 is 0 Å². The van der Waals surface area contributed by atoms with Gasteiger partial charge >= 0.3 is 0 Å². The predicted molar refractivity (Wildman–Crippen MR) is 74.4 cm³/mol. The van der Waals surface area contributed by atoms with Crippen molar-refractivity contribution in [3.63, 3.8) is 0 Å². The Bertz CT molecular complexity index is 415. The second kappa shape index (κ2) is 10.3. The Labute approximate surface area is 114 Å². The number of carbonyl (C=O) groups excluding carboxylic acids is 1. The molecule has 3 heteroatoms. The van der Waals surface area contributed by atoms with E-state index in [1.165, 1.54) is 0 Å². The summed E-state index contributed by atoms with van der Waals surface area (Å²) >= 11 is 0. The van der Waals surface area contributed by atoms with Crippen LogP contribution in [0.15, 0.2) is 30.3 Å². The fourth-order valence-electron chi connectivity index (χ4n) is 1.51. The minimum Gasteiger partial charge on any atom is -0.396 e. The van der Waals surface area contributed by atoms with Gasteiger partial charge in [0.1, 0.15) is 0 Å². The molecule has 1 N–H and O–H groups in total. The molecule has 1 rings (SSSR count). The van der Waals surface area contributed by atoms with Crippen molar-refractivity contribution in [2.45, 2.75) is 32.3 Å². The number of carbonyl (C=O) groups is 1. The third-order valence-corrected chi connectivity index (χ3v) is 2.52. The Morgan fingerprint density at radius 3 is 2.74 bits per heavy atom. The first-order chi connectivity index (χ1) is 9.33. The normalized spacial score (nSPS) is 9.74. The number of unbranched alkanes of at least 4 members (excludes halogenated alkanes) is 1. The van der Waals surface area contributed by atoms with Gasteiger partial charge in [-0.3, -0.25) is 4.79 Å². The molecular formula is C16H20O3. The summed E-state index contributed by atoms with van der Waals surface area (Å²) in [6.07, 6.45) is 2.36. The first-order valence-corrected chi connectivity index (χ1v) is 6.57. The molecule has 0 radical (unpaired) electrons. The van der Waals surface area contributed by atoms with E-state index in [0.717, 1.165) is 5.56 Å². The van der Waals surface area contributed by atoms with E-state index in [-0.39, 0.29) is 12.4 Å². The lowest BCUT2D eigenvalue weighted by Crippen LogP contribution is -1.96. The van der Waals surface area contributed by atoms with Gasteiger partial charge in [-0.1, -0.05) is 36.3 Å². The molecule has 0 aliphatic carbocycles. The molecule has 102 valence electrons. The molecule has 0 fully saturated rings. The van der Waals surface area contributed by atoms with Crippen LogP contribution in [0.2, 0.25) is 0 Å². The van der Waals surface area contributed by atoms with E-state index in [0.29, 0.717) is 38.9 Å². The zero-order chi connectivity index (χ0) is 13.8. The highest BCUT2D eigenvalue weighted by atomic mass is 16.5. The van der Waals surface area contributed by atoms with Crippen LogP contribution in [0.4, 0.5) is 0 Å². The molecule has 0 amide bonds. The number of aliphatic hydroxyl groups excluding tert-OH is 1. The average molecular weight is 260 g/mol. The van der Waals surface area contributed by atoms with E-state index in [9.17, 15) is 4.79 Å². The van der Waals surface area contributed by atoms with Crippen LogP contribution in [0.5, 0.6) is 0 Å². The van der Waals surface area contributed by atoms with Crippen molar-refractivity contribution in [2.24, 2.45) is 0 Å². The fraction of sp³-hybridized carbons (Fsp3) is 0.438. The average Bonchev–Trinajstić information content (AvgIpc) is 2.44. The van der Waals surface area contributed by atoms with Gasteiger partial charge in [-0.2, -0.15) is 0 Å². The van der Waals surface area contributed by atoms with Crippen molar-refractivity contribution in [2.75, 3.05) is 13.2 Å². The van der Waals surface area contributed by atoms with Gasteiger partial charge < -0.3 is 9.84 Å². The molecule has 0 aliphatic heterocycles. The van der Waals surface area contributed by atoms with Crippen LogP contribution in [0, 0.1) is 11.8 Å². The lowest BCUT2D eigenvalue weighted by molar-refractivity contribution is -0.113. The van der Waals surface area contributed by atoms with E-state index < -0.39 is 0 Å². The zero-order valence-corrected chi connectivity index (χ0v) is 11.1. The molecule has 3 nitrogen and oxygen atoms in total. The van der Waals surface area contributed by atoms with E-state index in [4.69, 9.17) is 9.84 Å². The number of ketones is 1. The molecule has 0 aliphatic rings. The van der Waals surface area contributed by atoms with E-state index in [2.05, 4.69) is 11.8 Å². The molecule has 1 aromatic carbocycles. The molecule has 1 aromatic rings. The van der Waals surface area contributed by atoms with Gasteiger partial charge in [0, 0.05) is 19.4 Å². The Balaban J connectivity index is 2.06. The van der Waals surface area contributed by atoms with E-state index in [1.54, 1.807) is 0 Å². The topological polar surface area (TPSA) is 46.5 Å². The Kier molecular flexibility index (Phi) is 8.37. The van der Waals surface area contributed by atoms with Gasteiger partial charge in [-0.25, -0.2) is 0 Å². The number of Topliss-reactive ketones (excluding diaryl/α,β-unsaturated/α-hetero) is 1. The second-order valence-corrected chi connectivity index (χ2v) is 4.19. The highest BCUT2D eigenvalue weighted by Crippen LogP contribution is 2.00. The van der Waals surface area contributed by atoms with Gasteiger partial charge in [0.25, 0.3) is 0 Å². The third kappa shape index (κ3) is 8.15. The smallest absolute Gasteiger partial charge is 0.205 e. The summed E-state index contributed by atoms with van der Waals surface area (Å²) < 4.78 is 5.45. The monoisotopic (exact) mass is 260 g/mol. The summed E-state index contributed by atoms with van der Waals surface area (Å²) in [7, 11) is 0. The van der Waals surface area contributed by atoms with Crippen LogP contribution in [-0.2, 0) is 16.1 Å². The van der Waals surface area contributed by atoms with Gasteiger partial charge in [-0.15, -0.1) is 0 Å². The first-order valence-electron chi connectivity index (χ1n) is 6.57. The van der Waals surface area contributed by atoms with Crippen molar-refractivity contribution in [3.05, 3.63) is 35.9 Å². The first kappa shape index (κ1) is 15.4. The van der Waals surface area contributed by atoms with Crippen LogP contribution in [0.1, 0.15) is 31.2 Å². The number of hydrogen-bond acceptors (Lipinski definition) is 3. The molecule has 0 aromatic heterocycles. The summed E-state index contributed by atoms with van der Waals surface area (Å²) in [6, 6.07) is 9.94. The van der Waals surface area contributed by atoms with Crippen molar-refractivity contribution >= 4 is 5.78 Å². The summed E-state index contributed by atoms with van der Waals surface area (Å²) in [4.78, 5) is 11.3. The fourth-order valence-corrected chi connectivity index (χ4v) is 1.51. The molecular weight excluding hydrogens is 240 g/mol. The van der Waals surface area contributed by atoms with Crippen LogP contribution < -0.4 is 0 Å². The van der Waals surface area contributed by atoms with Crippen molar-refractivity contribution in [1.29, 1.82) is 0 Å². The zero-order valence-electron chi connectivity index (χ0n) is 11.1. The van der Waals surface area contributed by atoms with Crippen molar-refractivity contribution < 1.29 is 14.6 Å². The molecule has 0 saturated carbocycles. The molecule has 0 atom stereocenters. The lowest BCUT2D eigenvalue weighted by Gasteiger charge is -2.01. The summed E-state index contributed by atoms with van der Waals surface area (Å²) in [5.41, 5.74) is 1.13. The van der Waals surface area contributed by atoms with Gasteiger partial charge in [0.05, 0.1) is 13.2 Å². The lowest BCUT2D eigenvalue weighted by atomic mass is 10.2. The minimum atomic E-state index is -0.0588. The molecule has 0 spiro atoms. The van der Waals surface area contributed by atoms with Crippen LogP contribution in [0.3, 0.4) is 0 Å². The molecule has 19 heavy (non-hydrogen) atoms. The highest BCUT2D eigenvalue weighted by molar-refractivity contribution is 5.95. The maximum atomic E-state index is 11.3. The molecule has 0 unspecified atom stereocenters. The predicted octanol–water partition coefficient (Wildman–Crippen LogP) is 2.33. The second-order valence-electron chi connectivity index (χ2n) is 4.19. The number of ether oxygens (including phenoxy) is 1. The molecule has 0 saturated heterocycles. The number of benzene rings is 1. The largest absolute Gasteiger partial charge is 0.396 e. The highest BCUT2D eigenvalue weighted by Gasteiger charge is 1.95. The van der Waals surface area contributed by atoms with Crippen molar-refractivity contribution in [1.82, 2.24) is 0 Å². The van der Waals surface area contributed by atoms with Crippen molar-refractivity contribution in [3.8, 4) is 11.8 Å². The van der Waals surface area contributed by atoms with E-state index in [1.807, 2.05) is 30.3 Å². The summed E-state index contributed by atoms with van der Waals surface area (Å²) in [5.74, 6) is 5.34. The number of rotatable bonds is 8. The van der Waals surface area contributed by atoms with Crippen LogP contribution in [0.25, 0.3) is 0 Å². The maximum absolute atomic E-state index is 11.3. The third-order valence-electron chi connectivity index (χ3n) is 2.52. The SMILES string of the molecule is O=C(C#CCCOCc1ccccc1)CCCCO. The molecule has 0 heterocycles. The van der Waals surface area contributed by atoms with Crippen LogP contribution >= 0.6 is 0 Å². The number of hydrogen-bond donors (Lipinski definition) is 1. The molecule has 0 bridgehead atoms. The maximum Gasteiger partial charge on any atom is 0.205 e. The van der Waals surface area contributed by atoms with Gasteiger partial charge in [0.2, 0.25) is 5.78 Å². The van der Waals surface area contributed by atoms with Gasteiger partial charge in [-0.05, 0) is 24.3 Å². The summed E-state index contributed by atoms with van der Waals surface area (Å²) in [6.45, 7) is 1.24. The quantitative estimate of drug-likeness (QED) is 0.443. The standard InChI is InChI=1S/C16H20O3/c17-12-6-4-10-16(18)11-5-7-13-19-14-15-8-2-1-3-9-15/h1-3,8-9,17H,4,6-7,10,12-14H2. The van der Waals surface area contributed by atoms with Gasteiger partial charge in [0.15, 0.2) is 0 Å². The van der Waals surface area contributed by atoms with Crippen LogP contribution in [-0.4, -0.2) is 24.1 Å². The Hall–Kier alpha value is -1.63. The Morgan fingerprint density at radius 2 is 2.00 bits per heavy atom. The summed E-state index contributed by atoms with van der Waals surface area (Å²) in [5, 5.41) is 8.58. The number of aliphatic hydroxyl groups is 1. The minimum absolute atomic E-state index is 0.0588.